The average Bonchev–Trinajstić information content (AvgIpc) is 2.13. The summed E-state index contributed by atoms with van der Waals surface area (Å²) in [6, 6.07) is -0.597. The molecule has 0 aromatic rings. The molecule has 0 aromatic carbocycles. The van der Waals surface area contributed by atoms with Crippen LogP contribution in [0.15, 0.2) is 0 Å². The van der Waals surface area contributed by atoms with Crippen molar-refractivity contribution < 1.29 is 8.78 Å². The van der Waals surface area contributed by atoms with Gasteiger partial charge in [-0.2, -0.15) is 0 Å². The topological polar surface area (TPSA) is 15.3 Å². The summed E-state index contributed by atoms with van der Waals surface area (Å²) in [6.45, 7) is 2.30. The number of halogens is 2. The Balaban J connectivity index is 2.34. The van der Waals surface area contributed by atoms with Crippen LogP contribution in [0, 0.1) is 0 Å². The minimum absolute atomic E-state index is 0.550. The summed E-state index contributed by atoms with van der Waals surface area (Å²) in [6.07, 6.45) is -1.67. The van der Waals surface area contributed by atoms with Crippen LogP contribution >= 0.6 is 0 Å². The van der Waals surface area contributed by atoms with E-state index in [1.165, 1.54) is 0 Å². The molecule has 1 saturated heterocycles. The van der Waals surface area contributed by atoms with E-state index in [1.54, 1.807) is 0 Å². The predicted octanol–water partition coefficient (Wildman–Crippen LogP) is 0.545. The number of likely N-dealkylation sites (N-methyl/N-ethyl adjacent to an activating group) is 1. The lowest BCUT2D eigenvalue weighted by atomic mass is 10.2. The summed E-state index contributed by atoms with van der Waals surface area (Å²) < 4.78 is 24.3. The third-order valence-corrected chi connectivity index (χ3v) is 2.03. The maximum Gasteiger partial charge on any atom is 0.253 e. The van der Waals surface area contributed by atoms with Gasteiger partial charge in [-0.25, -0.2) is 8.78 Å². The first-order valence-corrected chi connectivity index (χ1v) is 3.90. The highest BCUT2D eigenvalue weighted by molar-refractivity contribution is 4.75. The average molecular weight is 164 g/mol. The number of nitrogens with one attached hydrogen (secondary N) is 1. The Bertz CT molecular complexity index is 119. The Morgan fingerprint density at radius 1 is 1.45 bits per heavy atom. The molecule has 0 radical (unpaired) electrons. The molecule has 1 atom stereocenters. The third kappa shape index (κ3) is 2.71. The molecule has 1 heterocycles. The number of nitrogens with zero attached hydrogens (tertiary/aromatic N) is 1. The van der Waals surface area contributed by atoms with E-state index in [-0.39, 0.29) is 0 Å². The molecule has 1 aliphatic heterocycles. The molecule has 0 aliphatic carbocycles. The van der Waals surface area contributed by atoms with E-state index in [0.29, 0.717) is 13.0 Å². The van der Waals surface area contributed by atoms with Crippen LogP contribution in [0.4, 0.5) is 8.78 Å². The van der Waals surface area contributed by atoms with Crippen LogP contribution < -0.4 is 5.32 Å². The smallest absolute Gasteiger partial charge is 0.253 e. The maximum atomic E-state index is 12.1. The van der Waals surface area contributed by atoms with Gasteiger partial charge in [0.05, 0.1) is 6.04 Å². The second-order valence-corrected chi connectivity index (χ2v) is 2.99. The van der Waals surface area contributed by atoms with Gasteiger partial charge in [-0.05, 0) is 20.0 Å². The van der Waals surface area contributed by atoms with E-state index < -0.39 is 12.5 Å². The largest absolute Gasteiger partial charge is 0.308 e. The molecule has 0 aromatic heterocycles. The summed E-state index contributed by atoms with van der Waals surface area (Å²) in [5.41, 5.74) is 0. The van der Waals surface area contributed by atoms with E-state index in [0.717, 1.165) is 13.1 Å². The molecule has 1 rings (SSSR count). The monoisotopic (exact) mass is 164 g/mol. The van der Waals surface area contributed by atoms with Crippen LogP contribution in [0.5, 0.6) is 0 Å². The van der Waals surface area contributed by atoms with Gasteiger partial charge in [-0.3, -0.25) is 0 Å². The zero-order chi connectivity index (χ0) is 8.27. The van der Waals surface area contributed by atoms with E-state index in [9.17, 15) is 8.78 Å². The van der Waals surface area contributed by atoms with Crippen molar-refractivity contribution in [3.8, 4) is 0 Å². The summed E-state index contributed by atoms with van der Waals surface area (Å²) in [5.74, 6) is 0. The summed E-state index contributed by atoms with van der Waals surface area (Å²) in [7, 11) is 1.95. The number of rotatable bonds is 1. The van der Waals surface area contributed by atoms with E-state index in [4.69, 9.17) is 0 Å². The highest BCUT2D eigenvalue weighted by atomic mass is 19.3. The quantitative estimate of drug-likeness (QED) is 0.608. The number of hydrogen-bond acceptors (Lipinski definition) is 2. The number of hydrogen-bond donors (Lipinski definition) is 1. The van der Waals surface area contributed by atoms with Gasteiger partial charge < -0.3 is 10.2 Å². The lowest BCUT2D eigenvalue weighted by molar-refractivity contribution is 0.0970. The maximum absolute atomic E-state index is 12.1. The fourth-order valence-electron chi connectivity index (χ4n) is 1.23. The Morgan fingerprint density at radius 3 is 2.82 bits per heavy atom. The van der Waals surface area contributed by atoms with Gasteiger partial charge in [0.1, 0.15) is 0 Å². The summed E-state index contributed by atoms with van der Waals surface area (Å²) in [5, 5.41) is 2.82. The molecule has 4 heteroatoms. The first kappa shape index (κ1) is 8.87. The van der Waals surface area contributed by atoms with Crippen molar-refractivity contribution in [1.82, 2.24) is 10.2 Å². The minimum atomic E-state index is -2.22. The molecule has 1 unspecified atom stereocenters. The van der Waals surface area contributed by atoms with Crippen LogP contribution in [0.1, 0.15) is 6.42 Å². The van der Waals surface area contributed by atoms with Gasteiger partial charge in [0.15, 0.2) is 0 Å². The molecule has 1 N–H and O–H groups in total. The zero-order valence-corrected chi connectivity index (χ0v) is 6.69. The van der Waals surface area contributed by atoms with E-state index in [1.807, 2.05) is 7.05 Å². The highest BCUT2D eigenvalue weighted by Gasteiger charge is 2.21. The number of alkyl halides is 2. The van der Waals surface area contributed by atoms with Gasteiger partial charge in [0.2, 0.25) is 0 Å². The fraction of sp³-hybridized carbons (Fsp3) is 1.00. The molecule has 0 bridgehead atoms. The normalized spacial score (nSPS) is 28.9. The van der Waals surface area contributed by atoms with Crippen LogP contribution in [0.2, 0.25) is 0 Å². The van der Waals surface area contributed by atoms with Crippen molar-refractivity contribution in [2.45, 2.75) is 18.9 Å². The Hall–Kier alpha value is -0.220. The highest BCUT2D eigenvalue weighted by Crippen LogP contribution is 2.07. The van der Waals surface area contributed by atoms with Gasteiger partial charge >= 0.3 is 0 Å². The fourth-order valence-corrected chi connectivity index (χ4v) is 1.23. The Morgan fingerprint density at radius 2 is 2.18 bits per heavy atom. The van der Waals surface area contributed by atoms with Gasteiger partial charge in [-0.15, -0.1) is 0 Å². The first-order chi connectivity index (χ1) is 5.20. The van der Waals surface area contributed by atoms with Gasteiger partial charge in [0, 0.05) is 13.1 Å². The molecule has 0 amide bonds. The van der Waals surface area contributed by atoms with Crippen molar-refractivity contribution in [3.05, 3.63) is 0 Å². The summed E-state index contributed by atoms with van der Waals surface area (Å²) in [4.78, 5) is 2.06. The molecule has 66 valence electrons. The van der Waals surface area contributed by atoms with Gasteiger partial charge in [0.25, 0.3) is 6.43 Å². The van der Waals surface area contributed by atoms with E-state index in [2.05, 4.69) is 10.2 Å². The van der Waals surface area contributed by atoms with Crippen molar-refractivity contribution in [2.24, 2.45) is 0 Å². The SMILES string of the molecule is CN1CCNC(C(F)F)CC1. The van der Waals surface area contributed by atoms with Crippen LogP contribution in [-0.2, 0) is 0 Å². The van der Waals surface area contributed by atoms with Crippen molar-refractivity contribution in [2.75, 3.05) is 26.7 Å². The van der Waals surface area contributed by atoms with Crippen LogP contribution in [-0.4, -0.2) is 44.0 Å². The second-order valence-electron chi connectivity index (χ2n) is 2.99. The van der Waals surface area contributed by atoms with Crippen molar-refractivity contribution in [1.29, 1.82) is 0 Å². The molecule has 2 nitrogen and oxygen atoms in total. The lowest BCUT2D eigenvalue weighted by Crippen LogP contribution is -2.35. The molecule has 1 fully saturated rings. The van der Waals surface area contributed by atoms with Crippen molar-refractivity contribution >= 4 is 0 Å². The third-order valence-electron chi connectivity index (χ3n) is 2.03. The molecule has 1 aliphatic rings. The van der Waals surface area contributed by atoms with E-state index >= 15 is 0 Å². The van der Waals surface area contributed by atoms with Crippen LogP contribution in [0.25, 0.3) is 0 Å². The molecule has 0 spiro atoms. The van der Waals surface area contributed by atoms with Crippen LogP contribution in [0.3, 0.4) is 0 Å². The molecule has 0 saturated carbocycles. The van der Waals surface area contributed by atoms with Crippen molar-refractivity contribution in [3.63, 3.8) is 0 Å². The predicted molar refractivity (Wildman–Crippen MR) is 39.9 cm³/mol. The summed E-state index contributed by atoms with van der Waals surface area (Å²) >= 11 is 0. The standard InChI is InChI=1S/C7H14F2N2/c1-11-4-2-6(7(8)9)10-3-5-11/h6-7,10H,2-5H2,1H3. The molecule has 11 heavy (non-hydrogen) atoms. The first-order valence-electron chi connectivity index (χ1n) is 3.90. The minimum Gasteiger partial charge on any atom is -0.308 e. The Labute approximate surface area is 65.6 Å². The lowest BCUT2D eigenvalue weighted by Gasteiger charge is -2.13. The molecular weight excluding hydrogens is 150 g/mol. The van der Waals surface area contributed by atoms with Gasteiger partial charge in [-0.1, -0.05) is 0 Å². The Kier molecular flexibility index (Phi) is 3.20. The second kappa shape index (κ2) is 3.97. The zero-order valence-electron chi connectivity index (χ0n) is 6.69. The molecular formula is C7H14F2N2.